The van der Waals surface area contributed by atoms with E-state index in [1.807, 2.05) is 6.26 Å². The van der Waals surface area contributed by atoms with Crippen molar-refractivity contribution in [3.05, 3.63) is 0 Å². The largest absolute Gasteiger partial charge is 0.481 e. The lowest BCUT2D eigenvalue weighted by atomic mass is 10.0. The number of nitrogens with one attached hydrogen (secondary N) is 1. The van der Waals surface area contributed by atoms with E-state index in [0.717, 1.165) is 25.0 Å². The summed E-state index contributed by atoms with van der Waals surface area (Å²) in [6.07, 6.45) is 5.21. The van der Waals surface area contributed by atoms with Gasteiger partial charge in [0.15, 0.2) is 0 Å². The maximum absolute atomic E-state index is 12.2. The topological polar surface area (TPSA) is 69.6 Å². The number of aliphatic carboxylic acids is 1. The van der Waals surface area contributed by atoms with Crippen LogP contribution in [-0.2, 0) is 4.79 Å². The van der Waals surface area contributed by atoms with E-state index in [0.29, 0.717) is 6.42 Å². The number of thioether (sulfide) groups is 1. The number of urea groups is 1. The number of hydrogen-bond donors (Lipinski definition) is 2. The van der Waals surface area contributed by atoms with E-state index in [1.165, 1.54) is 0 Å². The van der Waals surface area contributed by atoms with Crippen LogP contribution in [0.25, 0.3) is 0 Å². The Bertz CT molecular complexity index is 325. The third kappa shape index (κ3) is 4.30. The molecule has 110 valence electrons. The third-order valence-corrected chi connectivity index (χ3v) is 4.56. The number of carbonyl (C=O) groups is 2. The molecule has 1 fully saturated rings. The summed E-state index contributed by atoms with van der Waals surface area (Å²) in [4.78, 5) is 24.9. The molecular weight excluding hydrogens is 264 g/mol. The predicted octanol–water partition coefficient (Wildman–Crippen LogP) is 2.02. The second-order valence-electron chi connectivity index (χ2n) is 5.06. The second kappa shape index (κ2) is 7.62. The minimum Gasteiger partial charge on any atom is -0.481 e. The van der Waals surface area contributed by atoms with Crippen LogP contribution in [0.4, 0.5) is 4.79 Å². The number of carboxylic acids is 1. The van der Waals surface area contributed by atoms with E-state index in [2.05, 4.69) is 12.2 Å². The lowest BCUT2D eigenvalue weighted by molar-refractivity contribution is -0.142. The van der Waals surface area contributed by atoms with Gasteiger partial charge in [0, 0.05) is 24.9 Å². The molecule has 5 nitrogen and oxygen atoms in total. The van der Waals surface area contributed by atoms with Crippen LogP contribution in [0.15, 0.2) is 0 Å². The monoisotopic (exact) mass is 288 g/mol. The summed E-state index contributed by atoms with van der Waals surface area (Å²) in [6, 6.07) is -0.182. The number of hydrogen-bond acceptors (Lipinski definition) is 3. The Morgan fingerprint density at radius 3 is 2.68 bits per heavy atom. The molecule has 0 aromatic rings. The minimum absolute atomic E-state index is 0.154. The quantitative estimate of drug-likeness (QED) is 0.784. The van der Waals surface area contributed by atoms with E-state index in [-0.39, 0.29) is 18.1 Å². The molecule has 1 saturated carbocycles. The summed E-state index contributed by atoms with van der Waals surface area (Å²) in [6.45, 7) is 2.06. The maximum Gasteiger partial charge on any atom is 0.317 e. The lowest BCUT2D eigenvalue weighted by Crippen LogP contribution is -2.49. The van der Waals surface area contributed by atoms with Crippen molar-refractivity contribution in [1.29, 1.82) is 0 Å². The minimum atomic E-state index is -0.804. The SMILES string of the molecule is CCC(CSC)N(C)C(=O)NC1CCCC1C(=O)O. The van der Waals surface area contributed by atoms with Crippen molar-refractivity contribution in [3.8, 4) is 0 Å². The summed E-state index contributed by atoms with van der Waals surface area (Å²) in [5, 5.41) is 12.0. The van der Waals surface area contributed by atoms with Gasteiger partial charge in [-0.3, -0.25) is 4.79 Å². The molecule has 19 heavy (non-hydrogen) atoms. The zero-order valence-corrected chi connectivity index (χ0v) is 12.7. The smallest absolute Gasteiger partial charge is 0.317 e. The molecule has 0 saturated heterocycles. The Balaban J connectivity index is 2.55. The van der Waals surface area contributed by atoms with Crippen molar-refractivity contribution in [2.24, 2.45) is 5.92 Å². The van der Waals surface area contributed by atoms with Crippen LogP contribution in [-0.4, -0.2) is 53.1 Å². The Labute approximate surface area is 119 Å². The zero-order chi connectivity index (χ0) is 14.4. The molecular formula is C13H24N2O3S. The molecule has 0 heterocycles. The third-order valence-electron chi connectivity index (χ3n) is 3.84. The Kier molecular flexibility index (Phi) is 6.48. The fourth-order valence-corrected chi connectivity index (χ4v) is 3.39. The lowest BCUT2D eigenvalue weighted by Gasteiger charge is -2.29. The first-order valence-electron chi connectivity index (χ1n) is 6.76. The molecule has 1 aliphatic rings. The predicted molar refractivity (Wildman–Crippen MR) is 77.5 cm³/mol. The van der Waals surface area contributed by atoms with Crippen LogP contribution in [0.3, 0.4) is 0 Å². The van der Waals surface area contributed by atoms with E-state index < -0.39 is 11.9 Å². The highest BCUT2D eigenvalue weighted by Crippen LogP contribution is 2.26. The number of nitrogens with zero attached hydrogens (tertiary/aromatic N) is 1. The average Bonchev–Trinajstić information content (AvgIpc) is 2.83. The van der Waals surface area contributed by atoms with Gasteiger partial charge in [-0.1, -0.05) is 13.3 Å². The molecule has 2 amide bonds. The second-order valence-corrected chi connectivity index (χ2v) is 5.97. The van der Waals surface area contributed by atoms with Gasteiger partial charge in [-0.2, -0.15) is 11.8 Å². The zero-order valence-electron chi connectivity index (χ0n) is 11.9. The highest BCUT2D eigenvalue weighted by Gasteiger charge is 2.34. The van der Waals surface area contributed by atoms with Gasteiger partial charge in [0.2, 0.25) is 0 Å². The van der Waals surface area contributed by atoms with E-state index >= 15 is 0 Å². The summed E-state index contributed by atoms with van der Waals surface area (Å²) in [5.74, 6) is -0.340. The fraction of sp³-hybridized carbons (Fsp3) is 0.846. The van der Waals surface area contributed by atoms with Crippen LogP contribution in [0.5, 0.6) is 0 Å². The van der Waals surface area contributed by atoms with E-state index in [4.69, 9.17) is 5.11 Å². The summed E-state index contributed by atoms with van der Waals surface area (Å²) < 4.78 is 0. The van der Waals surface area contributed by atoms with Gasteiger partial charge >= 0.3 is 12.0 Å². The molecule has 6 heteroatoms. The first-order valence-corrected chi connectivity index (χ1v) is 8.15. The Morgan fingerprint density at radius 2 is 2.16 bits per heavy atom. The Hall–Kier alpha value is -0.910. The normalized spacial score (nSPS) is 23.9. The van der Waals surface area contributed by atoms with Gasteiger partial charge < -0.3 is 15.3 Å². The average molecular weight is 288 g/mol. The van der Waals surface area contributed by atoms with Crippen molar-refractivity contribution in [3.63, 3.8) is 0 Å². The summed E-state index contributed by atoms with van der Waals surface area (Å²) in [7, 11) is 1.78. The summed E-state index contributed by atoms with van der Waals surface area (Å²) >= 11 is 1.71. The molecule has 0 bridgehead atoms. The first-order chi connectivity index (χ1) is 9.01. The molecule has 1 aliphatic carbocycles. The van der Waals surface area contributed by atoms with Gasteiger partial charge in [0.05, 0.1) is 5.92 Å². The van der Waals surface area contributed by atoms with Crippen LogP contribution in [0.2, 0.25) is 0 Å². The highest BCUT2D eigenvalue weighted by atomic mass is 32.2. The number of rotatable bonds is 6. The molecule has 0 aliphatic heterocycles. The van der Waals surface area contributed by atoms with Gasteiger partial charge in [0.1, 0.15) is 0 Å². The number of amides is 2. The van der Waals surface area contributed by atoms with Crippen molar-refractivity contribution >= 4 is 23.8 Å². The fourth-order valence-electron chi connectivity index (χ4n) is 2.55. The van der Waals surface area contributed by atoms with Gasteiger partial charge in [-0.15, -0.1) is 0 Å². The molecule has 3 unspecified atom stereocenters. The van der Waals surface area contributed by atoms with E-state index in [1.54, 1.807) is 23.7 Å². The van der Waals surface area contributed by atoms with Crippen molar-refractivity contribution < 1.29 is 14.7 Å². The maximum atomic E-state index is 12.2. The van der Waals surface area contributed by atoms with Gasteiger partial charge in [-0.25, -0.2) is 4.79 Å². The summed E-state index contributed by atoms with van der Waals surface area (Å²) in [5.41, 5.74) is 0. The number of carbonyl (C=O) groups excluding carboxylic acids is 1. The molecule has 2 N–H and O–H groups in total. The van der Waals surface area contributed by atoms with Gasteiger partial charge in [-0.05, 0) is 25.5 Å². The van der Waals surface area contributed by atoms with Gasteiger partial charge in [0.25, 0.3) is 0 Å². The molecule has 0 spiro atoms. The van der Waals surface area contributed by atoms with Crippen LogP contribution in [0, 0.1) is 5.92 Å². The molecule has 0 aromatic heterocycles. The highest BCUT2D eigenvalue weighted by molar-refractivity contribution is 7.98. The van der Waals surface area contributed by atoms with Crippen molar-refractivity contribution in [1.82, 2.24) is 10.2 Å². The molecule has 1 rings (SSSR count). The van der Waals surface area contributed by atoms with E-state index in [9.17, 15) is 9.59 Å². The standard InChI is InChI=1S/C13H24N2O3S/c1-4-9(8-19-3)15(2)13(18)14-11-7-5-6-10(11)12(16)17/h9-11H,4-8H2,1-3H3,(H,14,18)(H,16,17). The van der Waals surface area contributed by atoms with Crippen LogP contribution < -0.4 is 5.32 Å². The first kappa shape index (κ1) is 16.1. The van der Waals surface area contributed by atoms with Crippen LogP contribution in [0.1, 0.15) is 32.6 Å². The van der Waals surface area contributed by atoms with Crippen molar-refractivity contribution in [2.45, 2.75) is 44.7 Å². The molecule has 0 radical (unpaired) electrons. The molecule has 0 aromatic carbocycles. The Morgan fingerprint density at radius 1 is 1.47 bits per heavy atom. The number of carboxylic acid groups (broad SMARTS) is 1. The van der Waals surface area contributed by atoms with Crippen LogP contribution >= 0.6 is 11.8 Å². The molecule has 3 atom stereocenters. The van der Waals surface area contributed by atoms with Crippen molar-refractivity contribution in [2.75, 3.05) is 19.1 Å².